The Morgan fingerprint density at radius 3 is 1.11 bits per heavy atom. The Bertz CT molecular complexity index is 1300. The zero-order valence-corrected chi connectivity index (χ0v) is 27.7. The van der Waals surface area contributed by atoms with Crippen molar-refractivity contribution in [1.29, 1.82) is 0 Å². The van der Waals surface area contributed by atoms with Crippen molar-refractivity contribution in [2.45, 2.75) is 59.5 Å². The molecule has 0 unspecified atom stereocenters. The highest BCUT2D eigenvalue weighted by Crippen LogP contribution is 2.16. The third-order valence-electron chi connectivity index (χ3n) is 8.42. The first-order valence-electron chi connectivity index (χ1n) is 15.1. The highest BCUT2D eigenvalue weighted by molar-refractivity contribution is 7.85. The average molecular weight is 629 g/mol. The first-order valence-corrected chi connectivity index (χ1v) is 16.5. The third kappa shape index (κ3) is 12.2. The van der Waals surface area contributed by atoms with Crippen LogP contribution in [0.5, 0.6) is 0 Å². The number of carboxylic acid groups (broad SMARTS) is 2. The van der Waals surface area contributed by atoms with Crippen LogP contribution in [0.2, 0.25) is 0 Å². The summed E-state index contributed by atoms with van der Waals surface area (Å²) < 4.78 is 32.5. The first-order chi connectivity index (χ1) is 20.7. The van der Waals surface area contributed by atoms with Crippen LogP contribution in [0.25, 0.3) is 0 Å². The minimum atomic E-state index is -4.70. The van der Waals surface area contributed by atoms with Crippen molar-refractivity contribution in [1.82, 2.24) is 0 Å². The quantitative estimate of drug-likeness (QED) is 0.225. The van der Waals surface area contributed by atoms with E-state index in [-0.39, 0.29) is 0 Å². The van der Waals surface area contributed by atoms with Gasteiger partial charge in [0, 0.05) is 11.1 Å². The third-order valence-corrected chi connectivity index (χ3v) is 9.25. The second-order valence-electron chi connectivity index (χ2n) is 10.7. The van der Waals surface area contributed by atoms with E-state index in [1.807, 2.05) is 0 Å². The van der Waals surface area contributed by atoms with Crippen LogP contribution < -0.4 is 10.2 Å². The Labute approximate surface area is 263 Å². The van der Waals surface area contributed by atoms with Crippen LogP contribution in [0.1, 0.15) is 73.4 Å². The lowest BCUT2D eigenvalue weighted by atomic mass is 10.1. The molecular weight excluding hydrogens is 580 g/mol. The number of benzene rings is 3. The van der Waals surface area contributed by atoms with Gasteiger partial charge in [0.1, 0.15) is 13.1 Å². The molecule has 3 aromatic rings. The molecule has 0 bridgehead atoms. The molecular formula is C34H48N2O7S. The maximum atomic E-state index is 10.7. The van der Waals surface area contributed by atoms with Gasteiger partial charge in [0.15, 0.2) is 0 Å². The van der Waals surface area contributed by atoms with E-state index in [1.54, 1.807) is 0 Å². The van der Waals surface area contributed by atoms with Crippen molar-refractivity contribution in [3.8, 4) is 0 Å². The molecule has 0 aliphatic rings. The topological polar surface area (TPSA) is 135 Å². The minimum Gasteiger partial charge on any atom is -0.545 e. The van der Waals surface area contributed by atoms with Gasteiger partial charge < -0.3 is 28.8 Å². The lowest BCUT2D eigenvalue weighted by molar-refractivity contribution is -0.936. The van der Waals surface area contributed by atoms with Gasteiger partial charge in [-0.05, 0) is 70.9 Å². The fourth-order valence-electron chi connectivity index (χ4n) is 4.94. The summed E-state index contributed by atoms with van der Waals surface area (Å²) >= 11 is 0. The SMILES string of the molecule is CC[N+](CC)(CC)Cc1ccccc1.CC[N+](CC)(CC)Cc1ccccc1.O=C([O-])c1cc(C(=O)[O-])cc(S(=O)(=O)O)c1. The molecule has 0 amide bonds. The van der Waals surface area contributed by atoms with Crippen molar-refractivity contribution in [3.05, 3.63) is 101 Å². The van der Waals surface area contributed by atoms with E-state index in [0.29, 0.717) is 18.2 Å². The van der Waals surface area contributed by atoms with E-state index in [0.717, 1.165) is 0 Å². The molecule has 0 saturated carbocycles. The Hall–Kier alpha value is -3.57. The number of nitrogens with zero attached hydrogens (tertiary/aromatic N) is 2. The molecule has 0 aliphatic carbocycles. The number of quaternary nitrogens is 2. The number of carbonyl (C=O) groups is 2. The van der Waals surface area contributed by atoms with Crippen molar-refractivity contribution >= 4 is 22.1 Å². The van der Waals surface area contributed by atoms with E-state index in [2.05, 4.69) is 102 Å². The summed E-state index contributed by atoms with van der Waals surface area (Å²) in [5.74, 6) is -3.54. The molecule has 242 valence electrons. The molecule has 0 fully saturated rings. The van der Waals surface area contributed by atoms with Crippen LogP contribution >= 0.6 is 0 Å². The molecule has 1 N–H and O–H groups in total. The lowest BCUT2D eigenvalue weighted by Gasteiger charge is -2.35. The highest BCUT2D eigenvalue weighted by Gasteiger charge is 2.21. The largest absolute Gasteiger partial charge is 0.545 e. The van der Waals surface area contributed by atoms with Crippen molar-refractivity contribution in [2.24, 2.45) is 0 Å². The van der Waals surface area contributed by atoms with Gasteiger partial charge in [-0.15, -0.1) is 0 Å². The second kappa shape index (κ2) is 18.3. The van der Waals surface area contributed by atoms with Gasteiger partial charge in [-0.3, -0.25) is 4.55 Å². The Kier molecular flexibility index (Phi) is 16.0. The summed E-state index contributed by atoms with van der Waals surface area (Å²) in [4.78, 5) is 20.1. The standard InChI is InChI=1S/2C13H22N.C8H6O7S/c2*1-4-14(5-2,6-3)12-13-10-8-7-9-11-13;9-7(10)4-1-5(8(11)12)3-6(2-4)16(13,14)15/h2*7-11H,4-6,12H2,1-3H3;1-3H,(H,9,10)(H,11,12)(H,13,14,15)/q2*+1;/p-2. The Morgan fingerprint density at radius 1 is 0.591 bits per heavy atom. The van der Waals surface area contributed by atoms with Crippen LogP contribution in [-0.2, 0) is 23.2 Å². The molecule has 0 aromatic heterocycles. The summed E-state index contributed by atoms with van der Waals surface area (Å²) in [6, 6.07) is 23.4. The highest BCUT2D eigenvalue weighted by atomic mass is 32.2. The van der Waals surface area contributed by atoms with E-state index in [9.17, 15) is 28.2 Å². The van der Waals surface area contributed by atoms with Crippen LogP contribution in [0.4, 0.5) is 0 Å². The Balaban J connectivity index is 0.000000331. The summed E-state index contributed by atoms with van der Waals surface area (Å²) in [7, 11) is -4.70. The van der Waals surface area contributed by atoms with E-state index < -0.39 is 38.1 Å². The molecule has 0 atom stereocenters. The van der Waals surface area contributed by atoms with Gasteiger partial charge >= 0.3 is 0 Å². The predicted octanol–water partition coefficient (Wildman–Crippen LogP) is 3.79. The number of rotatable bonds is 13. The fourth-order valence-corrected chi connectivity index (χ4v) is 5.49. The normalized spacial score (nSPS) is 11.4. The van der Waals surface area contributed by atoms with Gasteiger partial charge in [0.25, 0.3) is 10.1 Å². The van der Waals surface area contributed by atoms with Crippen molar-refractivity contribution in [3.63, 3.8) is 0 Å². The smallest absolute Gasteiger partial charge is 0.294 e. The first kappa shape index (κ1) is 38.5. The summed E-state index contributed by atoms with van der Waals surface area (Å²) in [5.41, 5.74) is 1.54. The molecule has 10 heteroatoms. The van der Waals surface area contributed by atoms with Crippen molar-refractivity contribution in [2.75, 3.05) is 39.3 Å². The lowest BCUT2D eigenvalue weighted by Crippen LogP contribution is -2.46. The van der Waals surface area contributed by atoms with Gasteiger partial charge in [-0.2, -0.15) is 8.42 Å². The van der Waals surface area contributed by atoms with Gasteiger partial charge in [0.2, 0.25) is 0 Å². The average Bonchev–Trinajstić information content (AvgIpc) is 3.03. The summed E-state index contributed by atoms with van der Waals surface area (Å²) in [6.45, 7) is 23.4. The van der Waals surface area contributed by atoms with Gasteiger partial charge in [-0.25, -0.2) is 0 Å². The molecule has 44 heavy (non-hydrogen) atoms. The minimum absolute atomic E-state index is 0.580. The van der Waals surface area contributed by atoms with Crippen LogP contribution in [0, 0.1) is 0 Å². The maximum absolute atomic E-state index is 10.7. The number of hydrogen-bond donors (Lipinski definition) is 1. The number of carboxylic acids is 2. The summed E-state index contributed by atoms with van der Waals surface area (Å²) in [5, 5.41) is 20.9. The number of hydrogen-bond acceptors (Lipinski definition) is 6. The predicted molar refractivity (Wildman–Crippen MR) is 169 cm³/mol. The van der Waals surface area contributed by atoms with E-state index >= 15 is 0 Å². The van der Waals surface area contributed by atoms with Crippen molar-refractivity contribution < 1.29 is 41.7 Å². The molecule has 3 rings (SSSR count). The zero-order chi connectivity index (χ0) is 33.4. The summed E-state index contributed by atoms with van der Waals surface area (Å²) in [6.07, 6.45) is 0. The maximum Gasteiger partial charge on any atom is 0.294 e. The van der Waals surface area contributed by atoms with E-state index in [4.69, 9.17) is 4.55 Å². The van der Waals surface area contributed by atoms with Gasteiger partial charge in [-0.1, -0.05) is 60.7 Å². The monoisotopic (exact) mass is 628 g/mol. The van der Waals surface area contributed by atoms with Crippen LogP contribution in [0.3, 0.4) is 0 Å². The zero-order valence-electron chi connectivity index (χ0n) is 26.9. The van der Waals surface area contributed by atoms with E-state index in [1.165, 1.54) is 72.5 Å². The molecule has 0 aliphatic heterocycles. The molecule has 0 heterocycles. The molecule has 9 nitrogen and oxygen atoms in total. The van der Waals surface area contributed by atoms with Gasteiger partial charge in [0.05, 0.1) is 56.1 Å². The molecule has 0 spiro atoms. The number of carbonyl (C=O) groups excluding carboxylic acids is 2. The Morgan fingerprint density at radius 2 is 0.886 bits per heavy atom. The fraction of sp³-hybridized carbons (Fsp3) is 0.412. The molecule has 3 aromatic carbocycles. The second-order valence-corrected chi connectivity index (χ2v) is 12.1. The van der Waals surface area contributed by atoms with Crippen LogP contribution in [-0.4, -0.2) is 73.1 Å². The number of aromatic carboxylic acids is 2. The molecule has 0 saturated heterocycles. The van der Waals surface area contributed by atoms with Crippen LogP contribution in [0.15, 0.2) is 83.8 Å². The molecule has 0 radical (unpaired) electrons.